The number of aliphatic hydroxyl groups excluding tert-OH is 1. The third-order valence-electron chi connectivity index (χ3n) is 1.92. The number of nitrogens with one attached hydrogen (secondary N) is 1. The van der Waals surface area contributed by atoms with Gasteiger partial charge in [-0.05, 0) is 18.8 Å². The van der Waals surface area contributed by atoms with Crippen molar-refractivity contribution in [3.8, 4) is 0 Å². The van der Waals surface area contributed by atoms with Crippen LogP contribution >= 0.6 is 0 Å². The zero-order valence-corrected chi connectivity index (χ0v) is 6.38. The van der Waals surface area contributed by atoms with Gasteiger partial charge in [-0.2, -0.15) is 0 Å². The van der Waals surface area contributed by atoms with E-state index in [-0.39, 0.29) is 6.73 Å². The summed E-state index contributed by atoms with van der Waals surface area (Å²) in [5.41, 5.74) is 0. The monoisotopic (exact) mass is 141 g/mol. The molecule has 0 aromatic carbocycles. The number of aliphatic hydroxyl groups is 1. The van der Waals surface area contributed by atoms with E-state index in [1.165, 1.54) is 0 Å². The van der Waals surface area contributed by atoms with E-state index in [2.05, 4.69) is 24.4 Å². The van der Waals surface area contributed by atoms with Gasteiger partial charge in [0.15, 0.2) is 0 Å². The van der Waals surface area contributed by atoms with Crippen molar-refractivity contribution < 1.29 is 5.11 Å². The van der Waals surface area contributed by atoms with Crippen LogP contribution < -0.4 is 5.32 Å². The lowest BCUT2D eigenvalue weighted by atomic mass is 9.93. The van der Waals surface area contributed by atoms with Gasteiger partial charge in [-0.1, -0.05) is 19.1 Å². The van der Waals surface area contributed by atoms with Gasteiger partial charge in [0.1, 0.15) is 0 Å². The van der Waals surface area contributed by atoms with Crippen molar-refractivity contribution in [2.45, 2.75) is 25.8 Å². The second-order valence-electron chi connectivity index (χ2n) is 2.94. The fourth-order valence-electron chi connectivity index (χ4n) is 1.39. The molecule has 0 spiro atoms. The summed E-state index contributed by atoms with van der Waals surface area (Å²) in [7, 11) is 0. The molecule has 0 saturated carbocycles. The van der Waals surface area contributed by atoms with Crippen LogP contribution in [0.4, 0.5) is 0 Å². The van der Waals surface area contributed by atoms with Crippen LogP contribution in [0.2, 0.25) is 0 Å². The van der Waals surface area contributed by atoms with E-state index in [1.54, 1.807) is 0 Å². The molecule has 0 radical (unpaired) electrons. The Kier molecular flexibility index (Phi) is 2.90. The first kappa shape index (κ1) is 7.76. The molecular formula is C8H15NO. The topological polar surface area (TPSA) is 32.3 Å². The third kappa shape index (κ3) is 2.12. The standard InChI is InChI=1S/C8H15NO/c1-7-3-2-4-8(5-7)9-6-10/h2-3,7-10H,4-6H2,1H3/t7-,8+/m0/s1. The molecule has 0 unspecified atom stereocenters. The highest BCUT2D eigenvalue weighted by Gasteiger charge is 2.12. The molecule has 1 aliphatic rings. The quantitative estimate of drug-likeness (QED) is 0.442. The van der Waals surface area contributed by atoms with E-state index in [0.717, 1.165) is 12.8 Å². The van der Waals surface area contributed by atoms with E-state index >= 15 is 0 Å². The molecular weight excluding hydrogens is 126 g/mol. The summed E-state index contributed by atoms with van der Waals surface area (Å²) in [4.78, 5) is 0. The lowest BCUT2D eigenvalue weighted by Gasteiger charge is -2.22. The Bertz CT molecular complexity index is 122. The Morgan fingerprint density at radius 2 is 2.50 bits per heavy atom. The minimum absolute atomic E-state index is 0.102. The van der Waals surface area contributed by atoms with Gasteiger partial charge in [0.25, 0.3) is 0 Å². The fourth-order valence-corrected chi connectivity index (χ4v) is 1.39. The third-order valence-corrected chi connectivity index (χ3v) is 1.92. The van der Waals surface area contributed by atoms with Gasteiger partial charge >= 0.3 is 0 Å². The van der Waals surface area contributed by atoms with Gasteiger partial charge < -0.3 is 5.11 Å². The summed E-state index contributed by atoms with van der Waals surface area (Å²) in [6.07, 6.45) is 6.62. The number of allylic oxidation sites excluding steroid dienone is 1. The molecule has 1 rings (SSSR count). The molecule has 2 nitrogen and oxygen atoms in total. The van der Waals surface area contributed by atoms with Crippen molar-refractivity contribution in [3.05, 3.63) is 12.2 Å². The summed E-state index contributed by atoms with van der Waals surface area (Å²) < 4.78 is 0. The molecule has 58 valence electrons. The van der Waals surface area contributed by atoms with Crippen molar-refractivity contribution >= 4 is 0 Å². The number of rotatable bonds is 2. The Balaban J connectivity index is 2.29. The molecule has 2 heteroatoms. The van der Waals surface area contributed by atoms with Crippen LogP contribution in [0.1, 0.15) is 19.8 Å². The smallest absolute Gasteiger partial charge is 0.0933 e. The van der Waals surface area contributed by atoms with Crippen molar-refractivity contribution in [3.63, 3.8) is 0 Å². The second kappa shape index (κ2) is 3.74. The lowest BCUT2D eigenvalue weighted by molar-refractivity contribution is 0.230. The Hall–Kier alpha value is -0.340. The van der Waals surface area contributed by atoms with Crippen LogP contribution in [0.3, 0.4) is 0 Å². The molecule has 0 aromatic rings. The normalized spacial score (nSPS) is 32.6. The molecule has 0 amide bonds. The van der Waals surface area contributed by atoms with Gasteiger partial charge in [0, 0.05) is 6.04 Å². The van der Waals surface area contributed by atoms with Crippen LogP contribution in [0.5, 0.6) is 0 Å². The first-order chi connectivity index (χ1) is 4.83. The fraction of sp³-hybridized carbons (Fsp3) is 0.750. The van der Waals surface area contributed by atoms with Crippen LogP contribution in [-0.2, 0) is 0 Å². The van der Waals surface area contributed by atoms with E-state index in [4.69, 9.17) is 5.11 Å². The molecule has 2 atom stereocenters. The second-order valence-corrected chi connectivity index (χ2v) is 2.94. The van der Waals surface area contributed by atoms with E-state index < -0.39 is 0 Å². The number of hydrogen-bond acceptors (Lipinski definition) is 2. The molecule has 0 bridgehead atoms. The maximum atomic E-state index is 8.57. The number of hydrogen-bond donors (Lipinski definition) is 2. The van der Waals surface area contributed by atoms with E-state index in [0.29, 0.717) is 12.0 Å². The summed E-state index contributed by atoms with van der Waals surface area (Å²) >= 11 is 0. The highest BCUT2D eigenvalue weighted by atomic mass is 16.3. The summed E-state index contributed by atoms with van der Waals surface area (Å²) in [6.45, 7) is 2.30. The average molecular weight is 141 g/mol. The average Bonchev–Trinajstić information content (AvgIpc) is 1.88. The zero-order valence-electron chi connectivity index (χ0n) is 6.38. The lowest BCUT2D eigenvalue weighted by Crippen LogP contribution is -2.32. The Morgan fingerprint density at radius 3 is 3.10 bits per heavy atom. The first-order valence-corrected chi connectivity index (χ1v) is 3.84. The van der Waals surface area contributed by atoms with Crippen LogP contribution in [-0.4, -0.2) is 17.9 Å². The van der Waals surface area contributed by atoms with Gasteiger partial charge in [-0.15, -0.1) is 0 Å². The predicted octanol–water partition coefficient (Wildman–Crippen LogP) is 0.881. The molecule has 0 aromatic heterocycles. The molecule has 0 aliphatic heterocycles. The van der Waals surface area contributed by atoms with Crippen molar-refractivity contribution in [2.75, 3.05) is 6.73 Å². The maximum Gasteiger partial charge on any atom is 0.0933 e. The van der Waals surface area contributed by atoms with Crippen molar-refractivity contribution in [1.82, 2.24) is 5.32 Å². The Morgan fingerprint density at radius 1 is 1.70 bits per heavy atom. The zero-order chi connectivity index (χ0) is 7.40. The summed E-state index contributed by atoms with van der Waals surface area (Å²) in [5.74, 6) is 0.665. The van der Waals surface area contributed by atoms with E-state index in [9.17, 15) is 0 Å². The predicted molar refractivity (Wildman–Crippen MR) is 41.5 cm³/mol. The molecule has 0 heterocycles. The van der Waals surface area contributed by atoms with E-state index in [1.807, 2.05) is 0 Å². The molecule has 2 N–H and O–H groups in total. The van der Waals surface area contributed by atoms with Gasteiger partial charge in [-0.3, -0.25) is 5.32 Å². The highest BCUT2D eigenvalue weighted by Crippen LogP contribution is 2.16. The SMILES string of the molecule is C[C@H]1C=CC[C@@H](NCO)C1. The highest BCUT2D eigenvalue weighted by molar-refractivity contribution is 4.96. The molecule has 0 fully saturated rings. The molecule has 1 aliphatic carbocycles. The Labute approximate surface area is 61.9 Å². The minimum atomic E-state index is 0.102. The van der Waals surface area contributed by atoms with Crippen molar-refractivity contribution in [1.29, 1.82) is 0 Å². The van der Waals surface area contributed by atoms with Crippen LogP contribution in [0, 0.1) is 5.92 Å². The molecule has 0 saturated heterocycles. The summed E-state index contributed by atoms with van der Waals surface area (Å²) in [6, 6.07) is 0.491. The summed E-state index contributed by atoms with van der Waals surface area (Å²) in [5, 5.41) is 11.6. The van der Waals surface area contributed by atoms with Crippen molar-refractivity contribution in [2.24, 2.45) is 5.92 Å². The van der Waals surface area contributed by atoms with Gasteiger partial charge in [0.2, 0.25) is 0 Å². The van der Waals surface area contributed by atoms with Gasteiger partial charge in [-0.25, -0.2) is 0 Å². The first-order valence-electron chi connectivity index (χ1n) is 3.84. The van der Waals surface area contributed by atoms with Crippen LogP contribution in [0.25, 0.3) is 0 Å². The maximum absolute atomic E-state index is 8.57. The minimum Gasteiger partial charge on any atom is -0.381 e. The van der Waals surface area contributed by atoms with Gasteiger partial charge in [0.05, 0.1) is 6.73 Å². The largest absolute Gasteiger partial charge is 0.381 e. The molecule has 10 heavy (non-hydrogen) atoms. The van der Waals surface area contributed by atoms with Crippen LogP contribution in [0.15, 0.2) is 12.2 Å².